The van der Waals surface area contributed by atoms with E-state index in [9.17, 15) is 5.11 Å². The number of nitrogens with zero attached hydrogens (tertiary/aromatic N) is 4. The maximum Gasteiger partial charge on any atom is 0.0960 e. The number of aliphatic hydroxyl groups is 1. The van der Waals surface area contributed by atoms with E-state index < -0.39 is 6.10 Å². The minimum Gasteiger partial charge on any atom is -0.387 e. The van der Waals surface area contributed by atoms with Crippen molar-refractivity contribution in [1.82, 2.24) is 19.6 Å². The highest BCUT2D eigenvalue weighted by Crippen LogP contribution is 2.19. The fourth-order valence-corrected chi connectivity index (χ4v) is 2.11. The van der Waals surface area contributed by atoms with E-state index in [1.807, 2.05) is 30.9 Å². The van der Waals surface area contributed by atoms with Gasteiger partial charge in [0.2, 0.25) is 0 Å². The third-order valence-electron chi connectivity index (χ3n) is 3.27. The van der Waals surface area contributed by atoms with Gasteiger partial charge in [-0.2, -0.15) is 10.2 Å². The summed E-state index contributed by atoms with van der Waals surface area (Å²) >= 11 is 0. The number of rotatable bonds is 5. The summed E-state index contributed by atoms with van der Waals surface area (Å²) in [6, 6.07) is 3.96. The monoisotopic (exact) mass is 248 g/mol. The van der Waals surface area contributed by atoms with Gasteiger partial charge in [-0.3, -0.25) is 9.36 Å². The summed E-state index contributed by atoms with van der Waals surface area (Å²) in [6.07, 6.45) is 3.69. The van der Waals surface area contributed by atoms with Crippen LogP contribution in [-0.4, -0.2) is 24.7 Å². The molecule has 2 rings (SSSR count). The van der Waals surface area contributed by atoms with Crippen LogP contribution in [0.15, 0.2) is 18.3 Å². The van der Waals surface area contributed by atoms with Crippen LogP contribution >= 0.6 is 0 Å². The molecule has 0 bridgehead atoms. The third kappa shape index (κ3) is 2.61. The van der Waals surface area contributed by atoms with E-state index in [2.05, 4.69) is 17.1 Å². The van der Waals surface area contributed by atoms with E-state index in [1.54, 1.807) is 10.9 Å². The maximum absolute atomic E-state index is 10.2. The summed E-state index contributed by atoms with van der Waals surface area (Å²) in [6.45, 7) is 2.06. The maximum atomic E-state index is 10.2. The van der Waals surface area contributed by atoms with Crippen LogP contribution in [-0.2, 0) is 26.9 Å². The molecule has 5 nitrogen and oxygen atoms in total. The summed E-state index contributed by atoms with van der Waals surface area (Å²) in [5.74, 6) is 0. The first-order chi connectivity index (χ1) is 8.61. The van der Waals surface area contributed by atoms with E-state index in [4.69, 9.17) is 0 Å². The zero-order chi connectivity index (χ0) is 13.1. The first-order valence-corrected chi connectivity index (χ1v) is 6.29. The molecule has 0 amide bonds. The molecule has 0 aliphatic heterocycles. The molecule has 2 aromatic rings. The Hall–Kier alpha value is -1.62. The molecule has 1 atom stereocenters. The predicted octanol–water partition coefficient (Wildman–Crippen LogP) is 1.38. The van der Waals surface area contributed by atoms with Crippen LogP contribution in [0.1, 0.15) is 36.5 Å². The van der Waals surface area contributed by atoms with Crippen molar-refractivity contribution in [1.29, 1.82) is 0 Å². The number of aryl methyl sites for hydroxylation is 4. The molecule has 0 radical (unpaired) electrons. The minimum absolute atomic E-state index is 0.474. The second-order valence-electron chi connectivity index (χ2n) is 4.54. The molecular formula is C13H20N4O. The summed E-state index contributed by atoms with van der Waals surface area (Å²) in [5, 5.41) is 18.7. The lowest BCUT2D eigenvalue weighted by Crippen LogP contribution is -2.07. The van der Waals surface area contributed by atoms with E-state index in [0.717, 1.165) is 29.9 Å². The summed E-state index contributed by atoms with van der Waals surface area (Å²) in [4.78, 5) is 0. The Balaban J connectivity index is 2.01. The first-order valence-electron chi connectivity index (χ1n) is 6.29. The second-order valence-corrected chi connectivity index (χ2v) is 4.54. The summed E-state index contributed by atoms with van der Waals surface area (Å²) < 4.78 is 3.61. The summed E-state index contributed by atoms with van der Waals surface area (Å²) in [7, 11) is 3.79. The second kappa shape index (κ2) is 5.35. The fourth-order valence-electron chi connectivity index (χ4n) is 2.11. The zero-order valence-electron chi connectivity index (χ0n) is 11.2. The van der Waals surface area contributed by atoms with Crippen molar-refractivity contribution in [2.45, 2.75) is 32.3 Å². The third-order valence-corrected chi connectivity index (χ3v) is 3.27. The van der Waals surface area contributed by atoms with Crippen molar-refractivity contribution in [3.8, 4) is 0 Å². The Kier molecular flexibility index (Phi) is 3.81. The average molecular weight is 248 g/mol. The Morgan fingerprint density at radius 3 is 2.67 bits per heavy atom. The van der Waals surface area contributed by atoms with Crippen molar-refractivity contribution >= 4 is 0 Å². The van der Waals surface area contributed by atoms with E-state index >= 15 is 0 Å². The minimum atomic E-state index is -0.474. The smallest absolute Gasteiger partial charge is 0.0960 e. The predicted molar refractivity (Wildman–Crippen MR) is 69.1 cm³/mol. The topological polar surface area (TPSA) is 55.9 Å². The quantitative estimate of drug-likeness (QED) is 0.869. The highest BCUT2D eigenvalue weighted by molar-refractivity contribution is 5.13. The van der Waals surface area contributed by atoms with Gasteiger partial charge in [0, 0.05) is 26.0 Å². The van der Waals surface area contributed by atoms with Crippen molar-refractivity contribution < 1.29 is 5.11 Å². The van der Waals surface area contributed by atoms with Gasteiger partial charge in [-0.05, 0) is 31.4 Å². The van der Waals surface area contributed by atoms with Gasteiger partial charge in [0.05, 0.1) is 17.5 Å². The van der Waals surface area contributed by atoms with Gasteiger partial charge in [-0.1, -0.05) is 6.92 Å². The highest BCUT2D eigenvalue weighted by Gasteiger charge is 2.14. The van der Waals surface area contributed by atoms with Crippen LogP contribution in [0.3, 0.4) is 0 Å². The molecule has 0 fully saturated rings. The average Bonchev–Trinajstić information content (AvgIpc) is 2.92. The largest absolute Gasteiger partial charge is 0.387 e. The number of aromatic nitrogens is 4. The molecular weight excluding hydrogens is 228 g/mol. The molecule has 98 valence electrons. The van der Waals surface area contributed by atoms with Crippen LogP contribution in [0.25, 0.3) is 0 Å². The molecule has 0 aromatic carbocycles. The van der Waals surface area contributed by atoms with E-state index in [-0.39, 0.29) is 0 Å². The molecule has 1 N–H and O–H groups in total. The lowest BCUT2D eigenvalue weighted by Gasteiger charge is -2.10. The van der Waals surface area contributed by atoms with Crippen molar-refractivity contribution in [3.63, 3.8) is 0 Å². The zero-order valence-corrected chi connectivity index (χ0v) is 11.2. The first kappa shape index (κ1) is 12.8. The standard InChI is InChI=1S/C13H20N4O/c1-4-10-9-12(17(3)15-10)13(18)6-5-11-7-8-14-16(11)2/h7-9,13,18H,4-6H2,1-3H3. The van der Waals surface area contributed by atoms with Gasteiger partial charge in [0.1, 0.15) is 0 Å². The van der Waals surface area contributed by atoms with Gasteiger partial charge in [0.15, 0.2) is 0 Å². The molecule has 1 unspecified atom stereocenters. The normalized spacial score (nSPS) is 12.9. The van der Waals surface area contributed by atoms with Gasteiger partial charge >= 0.3 is 0 Å². The van der Waals surface area contributed by atoms with Crippen molar-refractivity contribution in [3.05, 3.63) is 35.4 Å². The number of hydrogen-bond acceptors (Lipinski definition) is 3. The van der Waals surface area contributed by atoms with Gasteiger partial charge in [0.25, 0.3) is 0 Å². The highest BCUT2D eigenvalue weighted by atomic mass is 16.3. The van der Waals surface area contributed by atoms with Crippen LogP contribution in [0, 0.1) is 0 Å². The van der Waals surface area contributed by atoms with Crippen LogP contribution in [0.4, 0.5) is 0 Å². The fraction of sp³-hybridized carbons (Fsp3) is 0.538. The van der Waals surface area contributed by atoms with Crippen molar-refractivity contribution in [2.24, 2.45) is 14.1 Å². The van der Waals surface area contributed by atoms with Gasteiger partial charge in [-0.25, -0.2) is 0 Å². The van der Waals surface area contributed by atoms with Gasteiger partial charge in [-0.15, -0.1) is 0 Å². The molecule has 2 heterocycles. The van der Waals surface area contributed by atoms with Crippen LogP contribution < -0.4 is 0 Å². The summed E-state index contributed by atoms with van der Waals surface area (Å²) in [5.41, 5.74) is 3.04. The molecule has 5 heteroatoms. The molecule has 0 spiro atoms. The molecule has 0 saturated heterocycles. The Labute approximate surface area is 107 Å². The molecule has 0 aliphatic carbocycles. The van der Waals surface area contributed by atoms with E-state index in [0.29, 0.717) is 6.42 Å². The lowest BCUT2D eigenvalue weighted by molar-refractivity contribution is 0.157. The number of aliphatic hydroxyl groups excluding tert-OH is 1. The molecule has 2 aromatic heterocycles. The van der Waals surface area contributed by atoms with Crippen molar-refractivity contribution in [2.75, 3.05) is 0 Å². The van der Waals surface area contributed by atoms with E-state index in [1.165, 1.54) is 0 Å². The molecule has 0 saturated carbocycles. The molecule has 18 heavy (non-hydrogen) atoms. The lowest BCUT2D eigenvalue weighted by atomic mass is 10.1. The Morgan fingerprint density at radius 2 is 2.11 bits per heavy atom. The molecule has 0 aliphatic rings. The van der Waals surface area contributed by atoms with Gasteiger partial charge < -0.3 is 5.11 Å². The Bertz CT molecular complexity index is 515. The van der Waals surface area contributed by atoms with Crippen LogP contribution in [0.2, 0.25) is 0 Å². The number of hydrogen-bond donors (Lipinski definition) is 1. The SMILES string of the molecule is CCc1cc(C(O)CCc2ccnn2C)n(C)n1. The Morgan fingerprint density at radius 1 is 1.33 bits per heavy atom. The van der Waals surface area contributed by atoms with Crippen LogP contribution in [0.5, 0.6) is 0 Å².